The zero-order valence-corrected chi connectivity index (χ0v) is 14.4. The van der Waals surface area contributed by atoms with E-state index in [1.54, 1.807) is 26.4 Å². The van der Waals surface area contributed by atoms with Gasteiger partial charge in [0.25, 0.3) is 0 Å². The number of benzene rings is 2. The maximum absolute atomic E-state index is 10.8. The molecule has 0 amide bonds. The molecule has 0 aliphatic heterocycles. The second-order valence-corrected chi connectivity index (χ2v) is 5.96. The molecule has 7 heteroatoms. The van der Waals surface area contributed by atoms with Gasteiger partial charge in [-0.05, 0) is 35.9 Å². The number of carbonyl (C=O) groups is 1. The maximum atomic E-state index is 10.8. The summed E-state index contributed by atoms with van der Waals surface area (Å²) in [5.41, 5.74) is 2.60. The van der Waals surface area contributed by atoms with Crippen LogP contribution in [0.3, 0.4) is 0 Å². The lowest BCUT2D eigenvalue weighted by molar-refractivity contribution is -0.255. The Morgan fingerprint density at radius 1 is 1.08 bits per heavy atom. The topological polar surface area (TPSA) is 83.5 Å². The molecule has 0 aliphatic carbocycles. The molecule has 3 aromatic rings. The fraction of sp³-hybridized carbons (Fsp3) is 0.111. The van der Waals surface area contributed by atoms with E-state index in [0.717, 1.165) is 16.9 Å². The van der Waals surface area contributed by atoms with Crippen LogP contribution in [0.2, 0.25) is 0 Å². The minimum absolute atomic E-state index is 0.135. The van der Waals surface area contributed by atoms with Crippen molar-refractivity contribution in [1.82, 2.24) is 4.98 Å². The highest BCUT2D eigenvalue weighted by Gasteiger charge is 2.09. The molecule has 0 spiro atoms. The van der Waals surface area contributed by atoms with E-state index in [1.165, 1.54) is 23.5 Å². The fourth-order valence-electron chi connectivity index (χ4n) is 2.27. The molecular weight excluding hydrogens is 340 g/mol. The molecule has 0 bridgehead atoms. The van der Waals surface area contributed by atoms with Crippen LogP contribution in [0.1, 0.15) is 10.4 Å². The number of thiazole rings is 1. The molecule has 0 saturated heterocycles. The number of nitrogens with one attached hydrogen (secondary N) is 1. The highest BCUT2D eigenvalue weighted by Crippen LogP contribution is 2.34. The third-order valence-electron chi connectivity index (χ3n) is 3.56. The molecule has 0 radical (unpaired) electrons. The number of nitrogens with zero attached hydrogens (tertiary/aromatic N) is 1. The SMILES string of the molecule is COc1ccc(-c2csc(Nc3ccc(C(=O)[O-])cc3)n2)cc1OC. The number of rotatable bonds is 6. The molecule has 1 heterocycles. The Morgan fingerprint density at radius 2 is 1.80 bits per heavy atom. The van der Waals surface area contributed by atoms with E-state index in [-0.39, 0.29) is 5.56 Å². The summed E-state index contributed by atoms with van der Waals surface area (Å²) >= 11 is 1.45. The van der Waals surface area contributed by atoms with Crippen LogP contribution in [0.15, 0.2) is 47.8 Å². The van der Waals surface area contributed by atoms with Gasteiger partial charge >= 0.3 is 0 Å². The average molecular weight is 355 g/mol. The molecule has 128 valence electrons. The fourth-order valence-corrected chi connectivity index (χ4v) is 3.01. The van der Waals surface area contributed by atoms with Crippen LogP contribution in [-0.2, 0) is 0 Å². The van der Waals surface area contributed by atoms with E-state index < -0.39 is 5.97 Å². The number of hydrogen-bond acceptors (Lipinski definition) is 7. The Kier molecular flexibility index (Phi) is 4.85. The van der Waals surface area contributed by atoms with E-state index in [1.807, 2.05) is 23.6 Å². The largest absolute Gasteiger partial charge is 0.545 e. The first kappa shape index (κ1) is 16.8. The minimum Gasteiger partial charge on any atom is -0.545 e. The first-order valence-corrected chi connectivity index (χ1v) is 8.25. The first-order valence-electron chi connectivity index (χ1n) is 7.37. The van der Waals surface area contributed by atoms with Gasteiger partial charge in [-0.3, -0.25) is 0 Å². The number of anilines is 2. The van der Waals surface area contributed by atoms with Crippen molar-refractivity contribution in [1.29, 1.82) is 0 Å². The lowest BCUT2D eigenvalue weighted by Gasteiger charge is -2.08. The molecule has 0 atom stereocenters. The van der Waals surface area contributed by atoms with Crippen molar-refractivity contribution in [2.24, 2.45) is 0 Å². The molecule has 0 aliphatic rings. The van der Waals surface area contributed by atoms with E-state index in [2.05, 4.69) is 10.3 Å². The molecule has 25 heavy (non-hydrogen) atoms. The van der Waals surface area contributed by atoms with Crippen LogP contribution < -0.4 is 19.9 Å². The van der Waals surface area contributed by atoms with Crippen LogP contribution in [0, 0.1) is 0 Å². The van der Waals surface area contributed by atoms with Gasteiger partial charge in [0, 0.05) is 16.6 Å². The van der Waals surface area contributed by atoms with Gasteiger partial charge in [0.05, 0.1) is 25.9 Å². The lowest BCUT2D eigenvalue weighted by atomic mass is 10.1. The van der Waals surface area contributed by atoms with Crippen molar-refractivity contribution in [3.63, 3.8) is 0 Å². The number of hydrogen-bond donors (Lipinski definition) is 1. The number of carbonyl (C=O) groups excluding carboxylic acids is 1. The molecule has 2 aromatic carbocycles. The van der Waals surface area contributed by atoms with Crippen molar-refractivity contribution in [2.45, 2.75) is 0 Å². The van der Waals surface area contributed by atoms with Crippen molar-refractivity contribution < 1.29 is 19.4 Å². The Balaban J connectivity index is 1.79. The predicted molar refractivity (Wildman–Crippen MR) is 94.7 cm³/mol. The van der Waals surface area contributed by atoms with Crippen LogP contribution >= 0.6 is 11.3 Å². The van der Waals surface area contributed by atoms with E-state index in [4.69, 9.17) is 9.47 Å². The summed E-state index contributed by atoms with van der Waals surface area (Å²) in [5, 5.41) is 16.5. The quantitative estimate of drug-likeness (QED) is 0.732. The number of carboxylic acids is 1. The smallest absolute Gasteiger partial charge is 0.187 e. The van der Waals surface area contributed by atoms with Gasteiger partial charge in [0.15, 0.2) is 16.6 Å². The molecule has 0 saturated carbocycles. The molecule has 0 unspecified atom stereocenters. The second kappa shape index (κ2) is 7.23. The number of aromatic carboxylic acids is 1. The van der Waals surface area contributed by atoms with Gasteiger partial charge in [-0.15, -0.1) is 11.3 Å². The molecule has 6 nitrogen and oxygen atoms in total. The first-order chi connectivity index (χ1) is 12.1. The van der Waals surface area contributed by atoms with E-state index >= 15 is 0 Å². The van der Waals surface area contributed by atoms with Crippen molar-refractivity contribution in [3.05, 3.63) is 53.4 Å². The van der Waals surface area contributed by atoms with E-state index in [0.29, 0.717) is 16.6 Å². The molecular formula is C18H15N2O4S-. The van der Waals surface area contributed by atoms with Gasteiger partial charge in [0.1, 0.15) is 0 Å². The third-order valence-corrected chi connectivity index (χ3v) is 4.31. The summed E-state index contributed by atoms with van der Waals surface area (Å²) in [5.74, 6) is 0.102. The molecule has 0 fully saturated rings. The van der Waals surface area contributed by atoms with E-state index in [9.17, 15) is 9.90 Å². The number of ether oxygens (including phenoxy) is 2. The Bertz CT molecular complexity index is 890. The minimum atomic E-state index is -1.20. The summed E-state index contributed by atoms with van der Waals surface area (Å²) < 4.78 is 10.5. The van der Waals surface area contributed by atoms with Crippen LogP contribution in [0.5, 0.6) is 11.5 Å². The summed E-state index contributed by atoms with van der Waals surface area (Å²) in [6.45, 7) is 0. The third kappa shape index (κ3) is 3.72. The standard InChI is InChI=1S/C18H16N2O4S/c1-23-15-8-5-12(9-16(15)24-2)14-10-25-18(20-14)19-13-6-3-11(4-7-13)17(21)22/h3-10H,1-2H3,(H,19,20)(H,21,22)/p-1. The highest BCUT2D eigenvalue weighted by atomic mass is 32.1. The van der Waals surface area contributed by atoms with Gasteiger partial charge < -0.3 is 24.7 Å². The second-order valence-electron chi connectivity index (χ2n) is 5.10. The molecule has 1 N–H and O–H groups in total. The summed E-state index contributed by atoms with van der Waals surface area (Å²) in [7, 11) is 3.18. The summed E-state index contributed by atoms with van der Waals surface area (Å²) in [4.78, 5) is 15.3. The number of methoxy groups -OCH3 is 2. The van der Waals surface area contributed by atoms with Gasteiger partial charge in [-0.1, -0.05) is 12.1 Å². The predicted octanol–water partition coefficient (Wildman–Crippen LogP) is 2.93. The number of aromatic nitrogens is 1. The van der Waals surface area contributed by atoms with Crippen molar-refractivity contribution in [2.75, 3.05) is 19.5 Å². The van der Waals surface area contributed by atoms with Crippen molar-refractivity contribution >= 4 is 28.1 Å². The van der Waals surface area contributed by atoms with Crippen LogP contribution in [0.25, 0.3) is 11.3 Å². The maximum Gasteiger partial charge on any atom is 0.187 e. The number of carboxylic acid groups (broad SMARTS) is 1. The Morgan fingerprint density at radius 3 is 2.44 bits per heavy atom. The average Bonchev–Trinajstić information content (AvgIpc) is 3.10. The zero-order chi connectivity index (χ0) is 17.8. The Hall–Kier alpha value is -3.06. The lowest BCUT2D eigenvalue weighted by Crippen LogP contribution is -2.21. The van der Waals surface area contributed by atoms with Crippen LogP contribution in [-0.4, -0.2) is 25.2 Å². The molecule has 3 rings (SSSR count). The summed E-state index contributed by atoms with van der Waals surface area (Å²) in [6.07, 6.45) is 0. The molecule has 1 aromatic heterocycles. The van der Waals surface area contributed by atoms with Crippen LogP contribution in [0.4, 0.5) is 10.8 Å². The highest BCUT2D eigenvalue weighted by molar-refractivity contribution is 7.14. The van der Waals surface area contributed by atoms with Gasteiger partial charge in [0.2, 0.25) is 0 Å². The normalized spacial score (nSPS) is 10.3. The van der Waals surface area contributed by atoms with Crippen molar-refractivity contribution in [3.8, 4) is 22.8 Å². The monoisotopic (exact) mass is 355 g/mol. The summed E-state index contributed by atoms with van der Waals surface area (Å²) in [6, 6.07) is 11.9. The Labute approximate surface area is 148 Å². The zero-order valence-electron chi connectivity index (χ0n) is 13.6. The van der Waals surface area contributed by atoms with Gasteiger partial charge in [-0.2, -0.15) is 0 Å². The van der Waals surface area contributed by atoms with Gasteiger partial charge in [-0.25, -0.2) is 4.98 Å².